The number of amides is 2. The lowest BCUT2D eigenvalue weighted by molar-refractivity contribution is -0.131. The number of aromatic amines is 1. The molecule has 0 spiro atoms. The minimum Gasteiger partial charge on any atom is -0.351 e. The Hall–Kier alpha value is -2.77. The fourth-order valence-corrected chi connectivity index (χ4v) is 3.31. The third kappa shape index (κ3) is 3.89. The number of aromatic nitrogens is 4. The Morgan fingerprint density at radius 3 is 2.88 bits per heavy atom. The molecule has 1 aliphatic rings. The van der Waals surface area contributed by atoms with Crippen LogP contribution in [0.3, 0.4) is 0 Å². The fraction of sp³-hybridized carbons (Fsp3) is 0.500. The summed E-state index contributed by atoms with van der Waals surface area (Å²) in [6.45, 7) is 6.37. The number of hydrogen-bond acceptors (Lipinski definition) is 5. The number of nitrogens with one attached hydrogen (secondary N) is 2. The molecule has 26 heavy (non-hydrogen) atoms. The molecule has 2 aromatic heterocycles. The Bertz CT molecular complexity index is 796. The summed E-state index contributed by atoms with van der Waals surface area (Å²) in [5.74, 6) is 0.601. The van der Waals surface area contributed by atoms with Crippen molar-refractivity contribution < 1.29 is 9.59 Å². The minimum atomic E-state index is -0.118. The van der Waals surface area contributed by atoms with Gasteiger partial charge in [-0.15, -0.1) is 0 Å². The van der Waals surface area contributed by atoms with Gasteiger partial charge in [0.15, 0.2) is 5.82 Å². The topological polar surface area (TPSA) is 104 Å². The molecule has 1 fully saturated rings. The quantitative estimate of drug-likeness (QED) is 0.842. The molecule has 1 unspecified atom stereocenters. The van der Waals surface area contributed by atoms with Crippen LogP contribution in [0.2, 0.25) is 0 Å². The maximum atomic E-state index is 12.9. The number of H-pyrrole nitrogens is 1. The number of aryl methyl sites for hydroxylation is 2. The van der Waals surface area contributed by atoms with Crippen LogP contribution in [-0.4, -0.2) is 43.4 Å². The van der Waals surface area contributed by atoms with Gasteiger partial charge in [-0.2, -0.15) is 5.10 Å². The lowest BCUT2D eigenvalue weighted by Crippen LogP contribution is -2.33. The van der Waals surface area contributed by atoms with E-state index in [0.29, 0.717) is 25.3 Å². The summed E-state index contributed by atoms with van der Waals surface area (Å²) in [5, 5.41) is 9.83. The van der Waals surface area contributed by atoms with Gasteiger partial charge in [0.05, 0.1) is 30.4 Å². The molecule has 8 nitrogen and oxygen atoms in total. The zero-order valence-corrected chi connectivity index (χ0v) is 15.4. The van der Waals surface area contributed by atoms with E-state index in [0.717, 1.165) is 35.5 Å². The molecule has 0 saturated carbocycles. The molecule has 1 atom stereocenters. The molecule has 1 saturated heterocycles. The van der Waals surface area contributed by atoms with Crippen molar-refractivity contribution in [2.75, 3.05) is 6.54 Å². The third-order valence-corrected chi connectivity index (χ3v) is 4.73. The van der Waals surface area contributed by atoms with E-state index in [1.165, 1.54) is 6.92 Å². The Morgan fingerprint density at radius 1 is 1.38 bits per heavy atom. The molecule has 2 aromatic rings. The van der Waals surface area contributed by atoms with Crippen LogP contribution in [0.15, 0.2) is 12.3 Å². The molecule has 0 bridgehead atoms. The number of likely N-dealkylation sites (tertiary alicyclic amines) is 1. The van der Waals surface area contributed by atoms with Gasteiger partial charge in [0, 0.05) is 30.9 Å². The normalized spacial score (nSPS) is 16.7. The average Bonchev–Trinajstić information content (AvgIpc) is 3.22. The van der Waals surface area contributed by atoms with Gasteiger partial charge >= 0.3 is 0 Å². The Morgan fingerprint density at radius 2 is 2.19 bits per heavy atom. The molecular formula is C18H24N6O2. The van der Waals surface area contributed by atoms with Gasteiger partial charge < -0.3 is 10.2 Å². The number of hydrogen-bond donors (Lipinski definition) is 2. The standard InChI is InChI=1S/C18H24N6O2/c1-11-15(12(2)23-22-11)9-17(26)24-8-4-5-16(24)18-19-7-6-14(21-18)10-20-13(3)25/h6-7,16H,4-5,8-10H2,1-3H3,(H,20,25)(H,22,23). The first-order chi connectivity index (χ1) is 12.5. The van der Waals surface area contributed by atoms with E-state index in [1.807, 2.05) is 18.7 Å². The van der Waals surface area contributed by atoms with Crippen molar-refractivity contribution in [1.82, 2.24) is 30.4 Å². The lowest BCUT2D eigenvalue weighted by Gasteiger charge is -2.24. The summed E-state index contributed by atoms with van der Waals surface area (Å²) < 4.78 is 0. The van der Waals surface area contributed by atoms with Gasteiger partial charge in [0.2, 0.25) is 11.8 Å². The number of carbonyl (C=O) groups is 2. The van der Waals surface area contributed by atoms with Crippen LogP contribution in [0.1, 0.15) is 54.3 Å². The van der Waals surface area contributed by atoms with E-state index in [1.54, 1.807) is 12.3 Å². The molecule has 0 radical (unpaired) electrons. The second-order valence-corrected chi connectivity index (χ2v) is 6.65. The van der Waals surface area contributed by atoms with E-state index in [2.05, 4.69) is 25.5 Å². The molecule has 1 aliphatic heterocycles. The zero-order valence-electron chi connectivity index (χ0n) is 15.4. The second-order valence-electron chi connectivity index (χ2n) is 6.65. The van der Waals surface area contributed by atoms with Gasteiger partial charge in [-0.1, -0.05) is 0 Å². The summed E-state index contributed by atoms with van der Waals surface area (Å²) in [5.41, 5.74) is 3.49. The highest BCUT2D eigenvalue weighted by molar-refractivity contribution is 5.80. The van der Waals surface area contributed by atoms with Crippen LogP contribution >= 0.6 is 0 Å². The minimum absolute atomic E-state index is 0.0657. The zero-order chi connectivity index (χ0) is 18.7. The number of carbonyl (C=O) groups excluding carboxylic acids is 2. The second kappa shape index (κ2) is 7.63. The van der Waals surface area contributed by atoms with Gasteiger partial charge in [-0.05, 0) is 32.8 Å². The van der Waals surface area contributed by atoms with E-state index in [4.69, 9.17) is 0 Å². The Balaban J connectivity index is 1.74. The van der Waals surface area contributed by atoms with Crippen molar-refractivity contribution in [2.45, 2.75) is 52.6 Å². The van der Waals surface area contributed by atoms with Crippen molar-refractivity contribution >= 4 is 11.8 Å². The van der Waals surface area contributed by atoms with Gasteiger partial charge in [-0.25, -0.2) is 9.97 Å². The summed E-state index contributed by atoms with van der Waals surface area (Å²) in [6, 6.07) is 1.66. The molecule has 138 valence electrons. The van der Waals surface area contributed by atoms with Crippen LogP contribution in [0, 0.1) is 13.8 Å². The summed E-state index contributed by atoms with van der Waals surface area (Å²) in [6.07, 6.45) is 3.79. The maximum Gasteiger partial charge on any atom is 0.227 e. The monoisotopic (exact) mass is 356 g/mol. The van der Waals surface area contributed by atoms with E-state index in [9.17, 15) is 9.59 Å². The van der Waals surface area contributed by atoms with Crippen LogP contribution in [-0.2, 0) is 22.6 Å². The highest BCUT2D eigenvalue weighted by Gasteiger charge is 2.32. The van der Waals surface area contributed by atoms with E-state index >= 15 is 0 Å². The lowest BCUT2D eigenvalue weighted by atomic mass is 10.1. The molecule has 8 heteroatoms. The smallest absolute Gasteiger partial charge is 0.227 e. The summed E-state index contributed by atoms with van der Waals surface area (Å²) in [4.78, 5) is 34.8. The molecular weight excluding hydrogens is 332 g/mol. The predicted octanol–water partition coefficient (Wildman–Crippen LogP) is 1.36. The van der Waals surface area contributed by atoms with Gasteiger partial charge in [-0.3, -0.25) is 14.7 Å². The van der Waals surface area contributed by atoms with Crippen molar-refractivity contribution in [3.05, 3.63) is 40.7 Å². The Kier molecular flexibility index (Phi) is 5.29. The predicted molar refractivity (Wildman–Crippen MR) is 95.0 cm³/mol. The SMILES string of the molecule is CC(=O)NCc1ccnc(C2CCCN2C(=O)Cc2c(C)n[nH]c2C)n1. The maximum absolute atomic E-state index is 12.9. The molecule has 0 aromatic carbocycles. The van der Waals surface area contributed by atoms with Crippen LogP contribution in [0.4, 0.5) is 0 Å². The first-order valence-electron chi connectivity index (χ1n) is 8.82. The molecule has 0 aliphatic carbocycles. The van der Waals surface area contributed by atoms with Crippen molar-refractivity contribution in [2.24, 2.45) is 0 Å². The first-order valence-corrected chi connectivity index (χ1v) is 8.82. The van der Waals surface area contributed by atoms with Crippen LogP contribution in [0.25, 0.3) is 0 Å². The summed E-state index contributed by atoms with van der Waals surface area (Å²) in [7, 11) is 0. The largest absolute Gasteiger partial charge is 0.351 e. The van der Waals surface area contributed by atoms with Crippen molar-refractivity contribution in [3.8, 4) is 0 Å². The van der Waals surface area contributed by atoms with Crippen molar-refractivity contribution in [1.29, 1.82) is 0 Å². The molecule has 2 N–H and O–H groups in total. The average molecular weight is 356 g/mol. The number of nitrogens with zero attached hydrogens (tertiary/aromatic N) is 4. The van der Waals surface area contributed by atoms with Gasteiger partial charge in [0.25, 0.3) is 0 Å². The fourth-order valence-electron chi connectivity index (χ4n) is 3.31. The summed E-state index contributed by atoms with van der Waals surface area (Å²) >= 11 is 0. The molecule has 2 amide bonds. The molecule has 3 rings (SSSR count). The first kappa shape index (κ1) is 18.0. The highest BCUT2D eigenvalue weighted by atomic mass is 16.2. The van der Waals surface area contributed by atoms with E-state index in [-0.39, 0.29) is 17.9 Å². The van der Waals surface area contributed by atoms with E-state index < -0.39 is 0 Å². The van der Waals surface area contributed by atoms with Gasteiger partial charge in [0.1, 0.15) is 0 Å². The molecule has 3 heterocycles. The van der Waals surface area contributed by atoms with Crippen LogP contribution < -0.4 is 5.32 Å². The highest BCUT2D eigenvalue weighted by Crippen LogP contribution is 2.30. The third-order valence-electron chi connectivity index (χ3n) is 4.73. The van der Waals surface area contributed by atoms with Crippen molar-refractivity contribution in [3.63, 3.8) is 0 Å². The number of rotatable bonds is 5. The van der Waals surface area contributed by atoms with Crippen LogP contribution in [0.5, 0.6) is 0 Å². The Labute approximate surface area is 152 Å².